The van der Waals surface area contributed by atoms with Crippen molar-refractivity contribution in [3.8, 4) is 6.07 Å². The molecule has 0 spiro atoms. The third-order valence-corrected chi connectivity index (χ3v) is 1.45. The maximum Gasteiger partial charge on any atom is 0.0587 e. The summed E-state index contributed by atoms with van der Waals surface area (Å²) >= 11 is 2.28. The van der Waals surface area contributed by atoms with Crippen molar-refractivity contribution in [2.24, 2.45) is 0 Å². The lowest BCUT2D eigenvalue weighted by Crippen LogP contribution is -1.61. The maximum absolute atomic E-state index is 7.32. The Kier molecular flexibility index (Phi) is 6.19. The van der Waals surface area contributed by atoms with Gasteiger partial charge in [0.15, 0.2) is 0 Å². The van der Waals surface area contributed by atoms with E-state index in [0.717, 1.165) is 0 Å². The Morgan fingerprint density at radius 2 is 1.70 bits per heavy atom. The zero-order valence-electron chi connectivity index (χ0n) is 5.71. The van der Waals surface area contributed by atoms with Crippen LogP contribution >= 0.6 is 22.6 Å². The average Bonchev–Trinajstić information content (AvgIpc) is 1.91. The van der Waals surface area contributed by atoms with Gasteiger partial charge < -0.3 is 0 Å². The first-order chi connectivity index (χ1) is 4.81. The lowest BCUT2D eigenvalue weighted by atomic mass is 10.4. The molecule has 1 aromatic carbocycles. The molecule has 0 bridgehead atoms. The number of benzene rings is 1. The van der Waals surface area contributed by atoms with E-state index < -0.39 is 0 Å². The summed E-state index contributed by atoms with van der Waals surface area (Å²) in [4.78, 5) is 0. The van der Waals surface area contributed by atoms with Crippen LogP contribution in [0.25, 0.3) is 0 Å². The number of hydrogen-bond acceptors (Lipinski definition) is 1. The molecule has 52 valence electrons. The van der Waals surface area contributed by atoms with Crippen molar-refractivity contribution in [3.63, 3.8) is 0 Å². The van der Waals surface area contributed by atoms with E-state index >= 15 is 0 Å². The van der Waals surface area contributed by atoms with Gasteiger partial charge in [-0.25, -0.2) is 0 Å². The molecule has 0 fully saturated rings. The summed E-state index contributed by atoms with van der Waals surface area (Å²) in [6, 6.07) is 12.0. The van der Waals surface area contributed by atoms with Gasteiger partial charge in [-0.2, -0.15) is 5.26 Å². The summed E-state index contributed by atoms with van der Waals surface area (Å²) in [6.45, 7) is 1.43. The largest absolute Gasteiger partial charge is 0.199 e. The molecule has 10 heavy (non-hydrogen) atoms. The molecular weight excluding hydrogens is 237 g/mol. The Hall–Kier alpha value is -0.560. The zero-order valence-corrected chi connectivity index (χ0v) is 7.87. The van der Waals surface area contributed by atoms with E-state index in [2.05, 4.69) is 34.7 Å². The van der Waals surface area contributed by atoms with Crippen molar-refractivity contribution in [2.45, 2.75) is 6.92 Å². The lowest BCUT2D eigenvalue weighted by Gasteiger charge is -1.80. The summed E-state index contributed by atoms with van der Waals surface area (Å²) < 4.78 is 1.29. The molecule has 0 saturated heterocycles. The standard InChI is InChI=1S/C6H5I.C2H3N/c7-6-4-2-1-3-5-6;1-2-3/h1-5H;1H3. The van der Waals surface area contributed by atoms with Crippen LogP contribution in [0.4, 0.5) is 0 Å². The number of halogens is 1. The fraction of sp³-hybridized carbons (Fsp3) is 0.125. The minimum Gasteiger partial charge on any atom is -0.199 e. The maximum atomic E-state index is 7.32. The van der Waals surface area contributed by atoms with Crippen molar-refractivity contribution in [2.75, 3.05) is 0 Å². The molecule has 0 amide bonds. The smallest absolute Gasteiger partial charge is 0.0587 e. The molecule has 0 aliphatic rings. The normalized spacial score (nSPS) is 6.90. The molecule has 0 radical (unpaired) electrons. The van der Waals surface area contributed by atoms with Gasteiger partial charge in [0, 0.05) is 10.5 Å². The van der Waals surface area contributed by atoms with Crippen LogP contribution in [0.15, 0.2) is 30.3 Å². The lowest BCUT2D eigenvalue weighted by molar-refractivity contribution is 1.49. The first kappa shape index (κ1) is 9.44. The minimum absolute atomic E-state index is 1.29. The summed E-state index contributed by atoms with van der Waals surface area (Å²) in [5, 5.41) is 7.32. The topological polar surface area (TPSA) is 23.8 Å². The van der Waals surface area contributed by atoms with Gasteiger partial charge in [0.05, 0.1) is 6.07 Å². The van der Waals surface area contributed by atoms with Gasteiger partial charge in [0.25, 0.3) is 0 Å². The fourth-order valence-corrected chi connectivity index (χ4v) is 0.830. The molecule has 0 aromatic heterocycles. The van der Waals surface area contributed by atoms with E-state index in [1.165, 1.54) is 10.5 Å². The first-order valence-electron chi connectivity index (χ1n) is 2.82. The van der Waals surface area contributed by atoms with E-state index in [9.17, 15) is 0 Å². The van der Waals surface area contributed by atoms with E-state index in [-0.39, 0.29) is 0 Å². The second kappa shape index (κ2) is 6.56. The molecule has 0 N–H and O–H groups in total. The SMILES string of the molecule is CC#N.Ic1ccccc1. The van der Waals surface area contributed by atoms with Gasteiger partial charge in [0.2, 0.25) is 0 Å². The predicted molar refractivity (Wildman–Crippen MR) is 50.4 cm³/mol. The molecule has 0 atom stereocenters. The average molecular weight is 245 g/mol. The summed E-state index contributed by atoms with van der Waals surface area (Å²) in [5.74, 6) is 0. The summed E-state index contributed by atoms with van der Waals surface area (Å²) in [7, 11) is 0. The van der Waals surface area contributed by atoms with E-state index in [1.54, 1.807) is 6.07 Å². The Balaban J connectivity index is 0.000000236. The van der Waals surface area contributed by atoms with Crippen LogP contribution in [0.2, 0.25) is 0 Å². The summed E-state index contributed by atoms with van der Waals surface area (Å²) in [6.07, 6.45) is 0. The number of nitriles is 1. The molecule has 0 aliphatic carbocycles. The van der Waals surface area contributed by atoms with E-state index in [4.69, 9.17) is 5.26 Å². The molecule has 1 aromatic rings. The fourth-order valence-electron chi connectivity index (χ4n) is 0.415. The Labute approximate surface area is 74.8 Å². The van der Waals surface area contributed by atoms with Gasteiger partial charge >= 0.3 is 0 Å². The highest BCUT2D eigenvalue weighted by Crippen LogP contribution is 1.99. The quantitative estimate of drug-likeness (QED) is 0.644. The predicted octanol–water partition coefficient (Wildman–Crippen LogP) is 2.82. The Bertz CT molecular complexity index is 200. The van der Waals surface area contributed by atoms with Gasteiger partial charge in [-0.15, -0.1) is 0 Å². The van der Waals surface area contributed by atoms with Crippen LogP contribution < -0.4 is 0 Å². The monoisotopic (exact) mass is 245 g/mol. The number of rotatable bonds is 0. The Morgan fingerprint density at radius 1 is 1.30 bits per heavy atom. The van der Waals surface area contributed by atoms with Crippen LogP contribution in [0.3, 0.4) is 0 Å². The molecule has 0 saturated carbocycles. The van der Waals surface area contributed by atoms with Crippen LogP contribution in [0.1, 0.15) is 6.92 Å². The number of nitrogens with zero attached hydrogens (tertiary/aromatic N) is 1. The molecule has 0 unspecified atom stereocenters. The number of hydrogen-bond donors (Lipinski definition) is 0. The zero-order chi connectivity index (χ0) is 7.82. The third-order valence-electron chi connectivity index (χ3n) is 0.733. The van der Waals surface area contributed by atoms with E-state index in [0.29, 0.717) is 0 Å². The molecule has 2 heteroatoms. The highest BCUT2D eigenvalue weighted by molar-refractivity contribution is 14.1. The van der Waals surface area contributed by atoms with Crippen molar-refractivity contribution in [3.05, 3.63) is 33.9 Å². The second-order valence-corrected chi connectivity index (χ2v) is 2.76. The minimum atomic E-state index is 1.29. The van der Waals surface area contributed by atoms with Crippen molar-refractivity contribution in [1.29, 1.82) is 5.26 Å². The molecule has 1 rings (SSSR count). The molecular formula is C8H8IN. The first-order valence-corrected chi connectivity index (χ1v) is 3.90. The highest BCUT2D eigenvalue weighted by Gasteiger charge is 1.74. The van der Waals surface area contributed by atoms with Crippen LogP contribution in [-0.2, 0) is 0 Å². The van der Waals surface area contributed by atoms with E-state index in [1.807, 2.05) is 18.2 Å². The van der Waals surface area contributed by atoms with Crippen molar-refractivity contribution in [1.82, 2.24) is 0 Å². The molecule has 1 nitrogen and oxygen atoms in total. The van der Waals surface area contributed by atoms with Gasteiger partial charge in [-0.05, 0) is 34.7 Å². The Morgan fingerprint density at radius 3 is 1.90 bits per heavy atom. The van der Waals surface area contributed by atoms with Crippen LogP contribution in [0.5, 0.6) is 0 Å². The van der Waals surface area contributed by atoms with Gasteiger partial charge in [0.1, 0.15) is 0 Å². The van der Waals surface area contributed by atoms with Crippen molar-refractivity contribution < 1.29 is 0 Å². The molecule has 0 heterocycles. The van der Waals surface area contributed by atoms with Crippen LogP contribution in [-0.4, -0.2) is 0 Å². The highest BCUT2D eigenvalue weighted by atomic mass is 127. The van der Waals surface area contributed by atoms with Crippen molar-refractivity contribution >= 4 is 22.6 Å². The van der Waals surface area contributed by atoms with Crippen LogP contribution in [0, 0.1) is 14.9 Å². The van der Waals surface area contributed by atoms with Gasteiger partial charge in [-0.3, -0.25) is 0 Å². The second-order valence-electron chi connectivity index (χ2n) is 1.52. The molecule has 0 aliphatic heterocycles. The van der Waals surface area contributed by atoms with Gasteiger partial charge in [-0.1, -0.05) is 18.2 Å². The summed E-state index contributed by atoms with van der Waals surface area (Å²) in [5.41, 5.74) is 0. The third kappa shape index (κ3) is 5.57.